The van der Waals surface area contributed by atoms with Crippen LogP contribution < -0.4 is 15.0 Å². The van der Waals surface area contributed by atoms with Crippen molar-refractivity contribution in [2.75, 3.05) is 51.3 Å². The first kappa shape index (κ1) is 17.6. The van der Waals surface area contributed by atoms with Crippen molar-refractivity contribution in [3.8, 4) is 5.75 Å². The van der Waals surface area contributed by atoms with Crippen molar-refractivity contribution in [2.24, 2.45) is 0 Å². The number of nitrogens with one attached hydrogen (secondary N) is 1. The minimum atomic E-state index is 0.644. The molecular weight excluding hydrogens is 314 g/mol. The molecule has 1 aromatic heterocycles. The number of para-hydroxylation sites is 1. The fraction of sp³-hybridized carbons (Fsp3) is 0.474. The van der Waals surface area contributed by atoms with E-state index in [2.05, 4.69) is 45.1 Å². The van der Waals surface area contributed by atoms with E-state index in [4.69, 9.17) is 4.74 Å². The predicted octanol–water partition coefficient (Wildman–Crippen LogP) is 1.71. The third-order valence-corrected chi connectivity index (χ3v) is 4.44. The smallest absolute Gasteiger partial charge is 0.225 e. The van der Waals surface area contributed by atoms with Crippen LogP contribution in [0.2, 0.25) is 0 Å². The number of benzene rings is 1. The van der Waals surface area contributed by atoms with E-state index in [9.17, 15) is 0 Å². The molecule has 1 N–H and O–H groups in total. The molecule has 2 aromatic rings. The van der Waals surface area contributed by atoms with Crippen LogP contribution in [-0.4, -0.2) is 61.2 Å². The van der Waals surface area contributed by atoms with Crippen LogP contribution in [0.4, 0.5) is 5.95 Å². The van der Waals surface area contributed by atoms with E-state index in [-0.39, 0.29) is 0 Å². The van der Waals surface area contributed by atoms with E-state index >= 15 is 0 Å². The van der Waals surface area contributed by atoms with Crippen molar-refractivity contribution < 1.29 is 4.74 Å². The maximum Gasteiger partial charge on any atom is 0.225 e. The van der Waals surface area contributed by atoms with Crippen molar-refractivity contribution >= 4 is 5.95 Å². The predicted molar refractivity (Wildman–Crippen MR) is 100 cm³/mol. The summed E-state index contributed by atoms with van der Waals surface area (Å²) in [6.07, 6.45) is 3.83. The van der Waals surface area contributed by atoms with Gasteiger partial charge >= 0.3 is 0 Å². The standard InChI is InChI=1S/C19H27N5O/c1-16-5-3-4-6-18(16)25-12-7-20-13-17-14-21-19(22-15-17)24-10-8-23(2)9-11-24/h3-6,14-15,20H,7-13H2,1-2H3. The van der Waals surface area contributed by atoms with Crippen LogP contribution in [-0.2, 0) is 6.54 Å². The van der Waals surface area contributed by atoms with Gasteiger partial charge in [-0.05, 0) is 25.6 Å². The summed E-state index contributed by atoms with van der Waals surface area (Å²) < 4.78 is 5.78. The van der Waals surface area contributed by atoms with Crippen LogP contribution in [0, 0.1) is 6.92 Å². The first-order valence-corrected chi connectivity index (χ1v) is 8.86. The zero-order valence-corrected chi connectivity index (χ0v) is 15.1. The van der Waals surface area contributed by atoms with E-state index in [0.717, 1.165) is 62.1 Å². The topological polar surface area (TPSA) is 53.5 Å². The molecule has 1 aliphatic heterocycles. The second-order valence-corrected chi connectivity index (χ2v) is 6.47. The lowest BCUT2D eigenvalue weighted by Gasteiger charge is -2.32. The van der Waals surface area contributed by atoms with Gasteiger partial charge in [-0.3, -0.25) is 0 Å². The van der Waals surface area contributed by atoms with E-state index in [1.165, 1.54) is 0 Å². The molecule has 0 unspecified atom stereocenters. The highest BCUT2D eigenvalue weighted by atomic mass is 16.5. The Morgan fingerprint density at radius 2 is 1.80 bits per heavy atom. The summed E-state index contributed by atoms with van der Waals surface area (Å²) in [5.74, 6) is 1.78. The highest BCUT2D eigenvalue weighted by Gasteiger charge is 2.15. The van der Waals surface area contributed by atoms with E-state index in [1.54, 1.807) is 0 Å². The molecule has 3 rings (SSSR count). The van der Waals surface area contributed by atoms with Gasteiger partial charge in [-0.2, -0.15) is 0 Å². The summed E-state index contributed by atoms with van der Waals surface area (Å²) in [5.41, 5.74) is 2.25. The van der Waals surface area contributed by atoms with E-state index < -0.39 is 0 Å². The molecule has 6 heteroatoms. The van der Waals surface area contributed by atoms with Crippen molar-refractivity contribution in [1.29, 1.82) is 0 Å². The van der Waals surface area contributed by atoms with E-state index in [1.807, 2.05) is 30.6 Å². The third-order valence-electron chi connectivity index (χ3n) is 4.44. The Hall–Kier alpha value is -2.18. The van der Waals surface area contributed by atoms with Crippen LogP contribution in [0.1, 0.15) is 11.1 Å². The summed E-state index contributed by atoms with van der Waals surface area (Å²) in [6.45, 7) is 8.34. The summed E-state index contributed by atoms with van der Waals surface area (Å²) in [7, 11) is 2.15. The molecule has 0 spiro atoms. The lowest BCUT2D eigenvalue weighted by molar-refractivity contribution is 0.310. The summed E-state index contributed by atoms with van der Waals surface area (Å²) in [4.78, 5) is 13.6. The summed E-state index contributed by atoms with van der Waals surface area (Å²) in [5, 5.41) is 3.37. The van der Waals surface area contributed by atoms with Crippen LogP contribution in [0.3, 0.4) is 0 Å². The lowest BCUT2D eigenvalue weighted by atomic mass is 10.2. The number of piperazine rings is 1. The van der Waals surface area contributed by atoms with Gasteiger partial charge in [-0.1, -0.05) is 18.2 Å². The molecule has 0 radical (unpaired) electrons. The minimum Gasteiger partial charge on any atom is -0.492 e. The van der Waals surface area contributed by atoms with Crippen LogP contribution in [0.15, 0.2) is 36.7 Å². The highest BCUT2D eigenvalue weighted by Crippen LogP contribution is 2.15. The average molecular weight is 341 g/mol. The second-order valence-electron chi connectivity index (χ2n) is 6.47. The molecule has 134 valence electrons. The Kier molecular flexibility index (Phi) is 6.19. The number of nitrogens with zero attached hydrogens (tertiary/aromatic N) is 4. The van der Waals surface area contributed by atoms with Crippen LogP contribution in [0.5, 0.6) is 5.75 Å². The molecular formula is C19H27N5O. The van der Waals surface area contributed by atoms with Crippen molar-refractivity contribution in [2.45, 2.75) is 13.5 Å². The molecule has 0 amide bonds. The zero-order chi connectivity index (χ0) is 17.5. The lowest BCUT2D eigenvalue weighted by Crippen LogP contribution is -2.45. The van der Waals surface area contributed by atoms with Crippen molar-refractivity contribution in [1.82, 2.24) is 20.2 Å². The molecule has 25 heavy (non-hydrogen) atoms. The molecule has 2 heterocycles. The normalized spacial score (nSPS) is 15.4. The van der Waals surface area contributed by atoms with Gasteiger partial charge in [0.2, 0.25) is 5.95 Å². The number of ether oxygens (including phenoxy) is 1. The average Bonchev–Trinajstić information content (AvgIpc) is 2.64. The zero-order valence-electron chi connectivity index (χ0n) is 15.1. The molecule has 1 aromatic carbocycles. The van der Waals surface area contributed by atoms with Gasteiger partial charge in [-0.15, -0.1) is 0 Å². The Morgan fingerprint density at radius 1 is 1.08 bits per heavy atom. The maximum atomic E-state index is 5.78. The quantitative estimate of drug-likeness (QED) is 0.774. The Balaban J connectivity index is 1.38. The number of aromatic nitrogens is 2. The Morgan fingerprint density at radius 3 is 2.52 bits per heavy atom. The number of likely N-dealkylation sites (N-methyl/N-ethyl adjacent to an activating group) is 1. The number of hydrogen-bond acceptors (Lipinski definition) is 6. The number of hydrogen-bond donors (Lipinski definition) is 1. The molecule has 0 aliphatic carbocycles. The van der Waals surface area contributed by atoms with Gasteiger partial charge in [0.1, 0.15) is 12.4 Å². The second kappa shape index (κ2) is 8.78. The van der Waals surface area contributed by atoms with Crippen LogP contribution >= 0.6 is 0 Å². The SMILES string of the molecule is Cc1ccccc1OCCNCc1cnc(N2CCN(C)CC2)nc1. The summed E-state index contributed by atoms with van der Waals surface area (Å²) >= 11 is 0. The molecule has 1 fully saturated rings. The van der Waals surface area contributed by atoms with Gasteiger partial charge in [-0.25, -0.2) is 9.97 Å². The third kappa shape index (κ3) is 5.14. The van der Waals surface area contributed by atoms with Crippen molar-refractivity contribution in [3.63, 3.8) is 0 Å². The first-order chi connectivity index (χ1) is 12.2. The minimum absolute atomic E-state index is 0.644. The molecule has 0 saturated carbocycles. The molecule has 0 atom stereocenters. The van der Waals surface area contributed by atoms with Gasteiger partial charge < -0.3 is 19.9 Å². The molecule has 1 aliphatic rings. The number of rotatable bonds is 7. The van der Waals surface area contributed by atoms with Crippen LogP contribution in [0.25, 0.3) is 0 Å². The number of aryl methyl sites for hydroxylation is 1. The monoisotopic (exact) mass is 341 g/mol. The maximum absolute atomic E-state index is 5.78. The van der Waals surface area contributed by atoms with Gasteiger partial charge in [0.05, 0.1) is 0 Å². The van der Waals surface area contributed by atoms with Gasteiger partial charge in [0.15, 0.2) is 0 Å². The fourth-order valence-electron chi connectivity index (χ4n) is 2.79. The molecule has 1 saturated heterocycles. The Bertz CT molecular complexity index is 653. The first-order valence-electron chi connectivity index (χ1n) is 8.86. The van der Waals surface area contributed by atoms with Gasteiger partial charge in [0.25, 0.3) is 0 Å². The van der Waals surface area contributed by atoms with Gasteiger partial charge in [0, 0.05) is 57.2 Å². The largest absolute Gasteiger partial charge is 0.492 e. The number of anilines is 1. The highest BCUT2D eigenvalue weighted by molar-refractivity contribution is 5.32. The summed E-state index contributed by atoms with van der Waals surface area (Å²) in [6, 6.07) is 8.07. The Labute approximate surface area is 149 Å². The molecule has 0 bridgehead atoms. The molecule has 6 nitrogen and oxygen atoms in total. The van der Waals surface area contributed by atoms with Crippen molar-refractivity contribution in [3.05, 3.63) is 47.8 Å². The fourth-order valence-corrected chi connectivity index (χ4v) is 2.79. The van der Waals surface area contributed by atoms with E-state index in [0.29, 0.717) is 6.61 Å².